The number of hydrogen-bond acceptors (Lipinski definition) is 6. The first-order chi connectivity index (χ1) is 17.2. The molecule has 0 amide bonds. The molecule has 2 fully saturated rings. The van der Waals surface area contributed by atoms with E-state index in [0.29, 0.717) is 34.2 Å². The average Bonchev–Trinajstić information content (AvgIpc) is 3.35. The normalized spacial score (nSPS) is 19.8. The lowest BCUT2D eigenvalue weighted by atomic mass is 9.94. The van der Waals surface area contributed by atoms with Crippen LogP contribution in [-0.4, -0.2) is 61.5 Å². The van der Waals surface area contributed by atoms with E-state index in [4.69, 9.17) is 10.7 Å². The highest BCUT2D eigenvalue weighted by atomic mass is 35.5. The molecule has 1 saturated carbocycles. The van der Waals surface area contributed by atoms with Crippen LogP contribution in [0.3, 0.4) is 0 Å². The van der Waals surface area contributed by atoms with Crippen LogP contribution in [0.5, 0.6) is 0 Å². The minimum atomic E-state index is -4.49. The molecule has 1 saturated heterocycles. The fourth-order valence-corrected chi connectivity index (χ4v) is 5.29. The van der Waals surface area contributed by atoms with Crippen molar-refractivity contribution in [2.75, 3.05) is 19.7 Å². The highest BCUT2D eigenvalue weighted by Gasteiger charge is 2.47. The van der Waals surface area contributed by atoms with Gasteiger partial charge in [-0.1, -0.05) is 12.1 Å². The third-order valence-electron chi connectivity index (χ3n) is 7.39. The van der Waals surface area contributed by atoms with Gasteiger partial charge in [-0.3, -0.25) is 9.30 Å². The molecule has 4 heterocycles. The molecule has 2 atom stereocenters. The van der Waals surface area contributed by atoms with Crippen molar-refractivity contribution >= 4 is 41.4 Å². The standard InChI is InChI=1S/C25H24F4N6O.2ClH/c26-16-9-14-1-3-19(31-21(14)18(10-16)24(13-36)6-7-24)23-33-32-20-4-2-15(11-35(20)23)22(25(27,28)29)34-8-5-17(30)12-34;;/h1-4,9-11,17,22,36H,5-8,12-13,30H2;2*1H/t17?,22-;;/m1../s1. The number of aliphatic hydroxyl groups excluding tert-OH is 1. The number of fused-ring (bicyclic) bond motifs is 2. The van der Waals surface area contributed by atoms with E-state index in [2.05, 4.69) is 10.2 Å². The van der Waals surface area contributed by atoms with E-state index in [1.165, 1.54) is 39.8 Å². The molecule has 0 bridgehead atoms. The Bertz CT molecular complexity index is 1480. The number of hydrogen-bond donors (Lipinski definition) is 2. The van der Waals surface area contributed by atoms with Crippen molar-refractivity contribution in [3.05, 3.63) is 59.5 Å². The largest absolute Gasteiger partial charge is 0.408 e. The van der Waals surface area contributed by atoms with Crippen LogP contribution >= 0.6 is 24.8 Å². The van der Waals surface area contributed by atoms with Gasteiger partial charge in [-0.15, -0.1) is 35.0 Å². The highest BCUT2D eigenvalue weighted by molar-refractivity contribution is 5.86. The van der Waals surface area contributed by atoms with E-state index < -0.39 is 23.5 Å². The minimum Gasteiger partial charge on any atom is -0.395 e. The number of likely N-dealkylation sites (tertiary alicyclic amines) is 1. The lowest BCUT2D eigenvalue weighted by molar-refractivity contribution is -0.183. The summed E-state index contributed by atoms with van der Waals surface area (Å²) in [4.78, 5) is 6.08. The monoisotopic (exact) mass is 572 g/mol. The lowest BCUT2D eigenvalue weighted by Gasteiger charge is -2.30. The summed E-state index contributed by atoms with van der Waals surface area (Å²) in [5.74, 6) is -0.138. The predicted octanol–water partition coefficient (Wildman–Crippen LogP) is 4.59. The Morgan fingerprint density at radius 1 is 1.11 bits per heavy atom. The zero-order chi connectivity index (χ0) is 25.2. The summed E-state index contributed by atoms with van der Waals surface area (Å²) in [6.07, 6.45) is -1.13. The van der Waals surface area contributed by atoms with E-state index in [1.807, 2.05) is 0 Å². The molecule has 1 aliphatic carbocycles. The average molecular weight is 573 g/mol. The summed E-state index contributed by atoms with van der Waals surface area (Å²) in [5.41, 5.74) is 7.35. The van der Waals surface area contributed by atoms with Crippen LogP contribution < -0.4 is 5.73 Å². The third-order valence-corrected chi connectivity index (χ3v) is 7.39. The van der Waals surface area contributed by atoms with Gasteiger partial charge in [0.25, 0.3) is 0 Å². The van der Waals surface area contributed by atoms with Crippen molar-refractivity contribution in [2.45, 2.75) is 42.9 Å². The number of halogens is 6. The van der Waals surface area contributed by atoms with Crippen LogP contribution in [0.4, 0.5) is 17.6 Å². The Balaban J connectivity index is 0.00000168. The van der Waals surface area contributed by atoms with Crippen LogP contribution in [0.2, 0.25) is 0 Å². The quantitative estimate of drug-likeness (QED) is 0.340. The van der Waals surface area contributed by atoms with Gasteiger partial charge in [0.05, 0.1) is 12.1 Å². The van der Waals surface area contributed by atoms with Crippen LogP contribution in [0.1, 0.15) is 36.4 Å². The molecule has 6 rings (SSSR count). The fourth-order valence-electron chi connectivity index (χ4n) is 5.29. The Morgan fingerprint density at radius 3 is 2.50 bits per heavy atom. The second kappa shape index (κ2) is 10.2. The Hall–Kier alpha value is -2.57. The molecule has 3 aromatic heterocycles. The SMILES string of the molecule is Cl.Cl.NC1CCN([C@H](c2ccc3nnc(-c4ccc5cc(F)cc(C6(CO)CC6)c5n4)n3c2)C(F)(F)F)C1. The van der Waals surface area contributed by atoms with E-state index >= 15 is 0 Å². The number of aromatic nitrogens is 4. The second-order valence-corrected chi connectivity index (χ2v) is 9.86. The van der Waals surface area contributed by atoms with Gasteiger partial charge in [0.2, 0.25) is 0 Å². The second-order valence-electron chi connectivity index (χ2n) is 9.86. The van der Waals surface area contributed by atoms with Gasteiger partial charge in [0.1, 0.15) is 17.6 Å². The number of nitrogens with two attached hydrogens (primary N) is 1. The highest BCUT2D eigenvalue weighted by Crippen LogP contribution is 2.50. The van der Waals surface area contributed by atoms with Crippen molar-refractivity contribution in [2.24, 2.45) is 5.73 Å². The predicted molar refractivity (Wildman–Crippen MR) is 139 cm³/mol. The maximum atomic E-state index is 14.3. The Kier molecular flexibility index (Phi) is 7.63. The van der Waals surface area contributed by atoms with E-state index in [0.717, 1.165) is 12.8 Å². The fraction of sp³-hybridized carbons (Fsp3) is 0.400. The van der Waals surface area contributed by atoms with E-state index in [-0.39, 0.29) is 61.9 Å². The molecule has 38 heavy (non-hydrogen) atoms. The minimum absolute atomic E-state index is 0. The third kappa shape index (κ3) is 4.82. The first kappa shape index (κ1) is 28.4. The first-order valence-corrected chi connectivity index (χ1v) is 11.8. The summed E-state index contributed by atoms with van der Waals surface area (Å²) in [5, 5.41) is 18.8. The van der Waals surface area contributed by atoms with Crippen molar-refractivity contribution in [1.82, 2.24) is 24.5 Å². The van der Waals surface area contributed by atoms with Gasteiger partial charge >= 0.3 is 6.18 Å². The lowest BCUT2D eigenvalue weighted by Crippen LogP contribution is -2.38. The van der Waals surface area contributed by atoms with Crippen LogP contribution in [0.25, 0.3) is 28.1 Å². The molecule has 204 valence electrons. The smallest absolute Gasteiger partial charge is 0.395 e. The number of nitrogens with zero attached hydrogens (tertiary/aromatic N) is 5. The molecule has 2 aliphatic rings. The summed E-state index contributed by atoms with van der Waals surface area (Å²) < 4.78 is 58.3. The summed E-state index contributed by atoms with van der Waals surface area (Å²) in [6, 6.07) is 6.95. The molecule has 4 aromatic rings. The summed E-state index contributed by atoms with van der Waals surface area (Å²) >= 11 is 0. The molecule has 1 aromatic carbocycles. The van der Waals surface area contributed by atoms with Crippen molar-refractivity contribution in [3.63, 3.8) is 0 Å². The molecule has 3 N–H and O–H groups in total. The van der Waals surface area contributed by atoms with Crippen LogP contribution in [-0.2, 0) is 5.41 Å². The molecule has 0 radical (unpaired) electrons. The van der Waals surface area contributed by atoms with Gasteiger partial charge in [0, 0.05) is 36.1 Å². The first-order valence-electron chi connectivity index (χ1n) is 11.8. The molecule has 0 spiro atoms. The van der Waals surface area contributed by atoms with Crippen LogP contribution in [0.15, 0.2) is 42.6 Å². The Labute approximate surface area is 227 Å². The maximum Gasteiger partial charge on any atom is 0.408 e. The molecule has 1 aliphatic heterocycles. The van der Waals surface area contributed by atoms with Gasteiger partial charge in [-0.2, -0.15) is 13.2 Å². The summed E-state index contributed by atoms with van der Waals surface area (Å²) in [6.45, 7) is 0.305. The maximum absolute atomic E-state index is 14.3. The topological polar surface area (TPSA) is 92.6 Å². The number of rotatable bonds is 5. The van der Waals surface area contributed by atoms with Gasteiger partial charge in [0.15, 0.2) is 11.5 Å². The number of benzene rings is 1. The molecular weight excluding hydrogens is 547 g/mol. The molecule has 7 nitrogen and oxygen atoms in total. The zero-order valence-electron chi connectivity index (χ0n) is 20.0. The van der Waals surface area contributed by atoms with E-state index in [1.54, 1.807) is 12.1 Å². The summed E-state index contributed by atoms with van der Waals surface area (Å²) in [7, 11) is 0. The molecule has 13 heteroatoms. The molecular formula is C25H26Cl2F4N6O. The number of pyridine rings is 2. The van der Waals surface area contributed by atoms with Crippen molar-refractivity contribution in [3.8, 4) is 11.5 Å². The van der Waals surface area contributed by atoms with Gasteiger partial charge < -0.3 is 10.8 Å². The van der Waals surface area contributed by atoms with E-state index in [9.17, 15) is 22.7 Å². The van der Waals surface area contributed by atoms with Gasteiger partial charge in [-0.05, 0) is 54.7 Å². The molecule has 1 unspecified atom stereocenters. The zero-order valence-corrected chi connectivity index (χ0v) is 21.7. The van der Waals surface area contributed by atoms with Crippen molar-refractivity contribution < 1.29 is 22.7 Å². The van der Waals surface area contributed by atoms with Crippen molar-refractivity contribution in [1.29, 1.82) is 0 Å². The number of aliphatic hydroxyl groups is 1. The van der Waals surface area contributed by atoms with Crippen LogP contribution in [0, 0.1) is 5.82 Å². The van der Waals surface area contributed by atoms with Gasteiger partial charge in [-0.25, -0.2) is 9.37 Å². The number of alkyl halides is 3. The Morgan fingerprint density at radius 2 is 1.87 bits per heavy atom.